The standard InChI is InChI=1S/C25H35N3O3S/c1-5-13-26-25(30)27(6-2)16-24(29)28-14-11-23-21(12-15-32-23)22(28)17-31-20-9-7-19(8-10-20)18(3)4/h7-10,12,15,18,22H,5-6,11,13-14,16-17H2,1-4H3,(H,26,30)/t22-/m0/s1. The highest BCUT2D eigenvalue weighted by atomic mass is 32.1. The normalized spacial score (nSPS) is 15.4. The van der Waals surface area contributed by atoms with E-state index in [9.17, 15) is 9.59 Å². The molecule has 0 saturated heterocycles. The highest BCUT2D eigenvalue weighted by molar-refractivity contribution is 7.10. The summed E-state index contributed by atoms with van der Waals surface area (Å²) in [6.07, 6.45) is 1.70. The predicted molar refractivity (Wildman–Crippen MR) is 129 cm³/mol. The summed E-state index contributed by atoms with van der Waals surface area (Å²) in [5.74, 6) is 1.23. The van der Waals surface area contributed by atoms with E-state index >= 15 is 0 Å². The van der Waals surface area contributed by atoms with E-state index in [0.29, 0.717) is 32.2 Å². The van der Waals surface area contributed by atoms with Crippen LogP contribution in [-0.4, -0.2) is 54.5 Å². The van der Waals surface area contributed by atoms with E-state index in [1.54, 1.807) is 16.2 Å². The first-order valence-corrected chi connectivity index (χ1v) is 12.4. The van der Waals surface area contributed by atoms with Crippen molar-refractivity contribution in [1.82, 2.24) is 15.1 Å². The Morgan fingerprint density at radius 1 is 1.22 bits per heavy atom. The number of carbonyl (C=O) groups excluding carboxylic acids is 2. The average Bonchev–Trinajstić information content (AvgIpc) is 3.28. The van der Waals surface area contributed by atoms with Crippen LogP contribution < -0.4 is 10.1 Å². The molecule has 0 unspecified atom stereocenters. The van der Waals surface area contributed by atoms with Gasteiger partial charge in [-0.3, -0.25) is 4.79 Å². The Kier molecular flexibility index (Phi) is 8.56. The minimum Gasteiger partial charge on any atom is -0.491 e. The van der Waals surface area contributed by atoms with Crippen LogP contribution in [0.1, 0.15) is 62.1 Å². The lowest BCUT2D eigenvalue weighted by Gasteiger charge is -2.37. The van der Waals surface area contributed by atoms with Gasteiger partial charge in [0.25, 0.3) is 0 Å². The van der Waals surface area contributed by atoms with Crippen LogP contribution in [0.5, 0.6) is 5.75 Å². The Morgan fingerprint density at radius 2 is 1.97 bits per heavy atom. The zero-order valence-corrected chi connectivity index (χ0v) is 20.4. The molecule has 2 heterocycles. The summed E-state index contributed by atoms with van der Waals surface area (Å²) in [4.78, 5) is 30.4. The van der Waals surface area contributed by atoms with Crippen molar-refractivity contribution in [3.63, 3.8) is 0 Å². The second-order valence-electron chi connectivity index (χ2n) is 8.43. The summed E-state index contributed by atoms with van der Waals surface area (Å²) in [6, 6.07) is 9.93. The fourth-order valence-corrected chi connectivity index (χ4v) is 4.85. The molecule has 1 aromatic carbocycles. The second kappa shape index (κ2) is 11.4. The molecular weight excluding hydrogens is 422 g/mol. The van der Waals surface area contributed by atoms with Crippen LogP contribution >= 0.6 is 11.3 Å². The van der Waals surface area contributed by atoms with Gasteiger partial charge in [-0.15, -0.1) is 11.3 Å². The van der Waals surface area contributed by atoms with E-state index in [1.807, 2.05) is 30.9 Å². The van der Waals surface area contributed by atoms with Crippen LogP contribution in [0.3, 0.4) is 0 Å². The van der Waals surface area contributed by atoms with Crippen molar-refractivity contribution < 1.29 is 14.3 Å². The molecule has 174 valence electrons. The van der Waals surface area contributed by atoms with Crippen LogP contribution in [0, 0.1) is 0 Å². The molecule has 6 nitrogen and oxygen atoms in total. The molecule has 3 rings (SSSR count). The van der Waals surface area contributed by atoms with Crippen LogP contribution in [0.4, 0.5) is 4.79 Å². The van der Waals surface area contributed by atoms with Gasteiger partial charge >= 0.3 is 6.03 Å². The lowest BCUT2D eigenvalue weighted by Crippen LogP contribution is -2.49. The second-order valence-corrected chi connectivity index (χ2v) is 9.43. The van der Waals surface area contributed by atoms with Crippen LogP contribution in [0.15, 0.2) is 35.7 Å². The Bertz CT molecular complexity index is 894. The van der Waals surface area contributed by atoms with Gasteiger partial charge in [-0.2, -0.15) is 0 Å². The maximum Gasteiger partial charge on any atom is 0.317 e. The Labute approximate surface area is 195 Å². The van der Waals surface area contributed by atoms with Gasteiger partial charge in [0, 0.05) is 24.5 Å². The number of fused-ring (bicyclic) bond motifs is 1. The number of carbonyl (C=O) groups is 2. The number of nitrogens with zero attached hydrogens (tertiary/aromatic N) is 2. The van der Waals surface area contributed by atoms with E-state index in [4.69, 9.17) is 4.74 Å². The molecule has 7 heteroatoms. The average molecular weight is 458 g/mol. The predicted octanol–water partition coefficient (Wildman–Crippen LogP) is 4.82. The zero-order valence-electron chi connectivity index (χ0n) is 19.6. The first-order valence-electron chi connectivity index (χ1n) is 11.6. The molecule has 0 saturated carbocycles. The smallest absolute Gasteiger partial charge is 0.317 e. The third-order valence-corrected chi connectivity index (χ3v) is 6.89. The van der Waals surface area contributed by atoms with Crippen molar-refractivity contribution in [3.8, 4) is 5.75 Å². The van der Waals surface area contributed by atoms with Crippen molar-refractivity contribution in [2.24, 2.45) is 0 Å². The monoisotopic (exact) mass is 457 g/mol. The third-order valence-electron chi connectivity index (χ3n) is 5.89. The van der Waals surface area contributed by atoms with Gasteiger partial charge < -0.3 is 19.9 Å². The minimum atomic E-state index is -0.186. The minimum absolute atomic E-state index is 0.0425. The number of likely N-dealkylation sites (N-methyl/N-ethyl adjacent to an activating group) is 1. The van der Waals surface area contributed by atoms with E-state index in [2.05, 4.69) is 42.7 Å². The van der Waals surface area contributed by atoms with E-state index in [-0.39, 0.29) is 24.5 Å². The lowest BCUT2D eigenvalue weighted by molar-refractivity contribution is -0.135. The van der Waals surface area contributed by atoms with Gasteiger partial charge in [-0.05, 0) is 60.4 Å². The number of rotatable bonds is 9. The molecule has 0 bridgehead atoms. The van der Waals surface area contributed by atoms with Gasteiger partial charge in [-0.25, -0.2) is 4.79 Å². The highest BCUT2D eigenvalue weighted by Crippen LogP contribution is 2.34. The molecule has 0 fully saturated rings. The third kappa shape index (κ3) is 5.82. The number of benzene rings is 1. The van der Waals surface area contributed by atoms with Gasteiger partial charge in [-0.1, -0.05) is 32.9 Å². The van der Waals surface area contributed by atoms with Crippen molar-refractivity contribution in [3.05, 3.63) is 51.7 Å². The summed E-state index contributed by atoms with van der Waals surface area (Å²) < 4.78 is 6.14. The quantitative estimate of drug-likeness (QED) is 0.587. The van der Waals surface area contributed by atoms with Gasteiger partial charge in [0.1, 0.15) is 18.9 Å². The number of amides is 3. The Balaban J connectivity index is 1.71. The molecule has 3 amide bonds. The first kappa shape index (κ1) is 24.1. The number of urea groups is 1. The van der Waals surface area contributed by atoms with Gasteiger partial charge in [0.05, 0.1) is 6.04 Å². The lowest BCUT2D eigenvalue weighted by atomic mass is 10.00. The molecule has 1 aromatic heterocycles. The molecule has 1 aliphatic rings. The maximum atomic E-state index is 13.3. The molecule has 32 heavy (non-hydrogen) atoms. The van der Waals surface area contributed by atoms with E-state index in [0.717, 1.165) is 24.2 Å². The number of hydrogen-bond acceptors (Lipinski definition) is 4. The number of thiophene rings is 1. The fraction of sp³-hybridized carbons (Fsp3) is 0.520. The van der Waals surface area contributed by atoms with Crippen molar-refractivity contribution >= 4 is 23.3 Å². The topological polar surface area (TPSA) is 61.9 Å². The summed E-state index contributed by atoms with van der Waals surface area (Å²) >= 11 is 1.73. The molecule has 0 radical (unpaired) electrons. The van der Waals surface area contributed by atoms with E-state index < -0.39 is 0 Å². The summed E-state index contributed by atoms with van der Waals surface area (Å²) in [7, 11) is 0. The molecule has 2 aromatic rings. The van der Waals surface area contributed by atoms with Crippen LogP contribution in [-0.2, 0) is 11.2 Å². The molecule has 1 atom stereocenters. The number of hydrogen-bond donors (Lipinski definition) is 1. The molecule has 0 aliphatic carbocycles. The Morgan fingerprint density at radius 3 is 2.62 bits per heavy atom. The SMILES string of the molecule is CCCNC(=O)N(CC)CC(=O)N1CCc2sccc2[C@@H]1COc1ccc(C(C)C)cc1. The van der Waals surface area contributed by atoms with Gasteiger partial charge in [0.2, 0.25) is 5.91 Å². The van der Waals surface area contributed by atoms with E-state index in [1.165, 1.54) is 10.4 Å². The van der Waals surface area contributed by atoms with Crippen molar-refractivity contribution in [2.45, 2.75) is 52.5 Å². The zero-order chi connectivity index (χ0) is 23.1. The fourth-order valence-electron chi connectivity index (χ4n) is 3.92. The molecule has 0 spiro atoms. The number of ether oxygens (including phenoxy) is 1. The van der Waals surface area contributed by atoms with Gasteiger partial charge in [0.15, 0.2) is 0 Å². The largest absolute Gasteiger partial charge is 0.491 e. The molecule has 1 aliphatic heterocycles. The van der Waals surface area contributed by atoms with Crippen molar-refractivity contribution in [2.75, 3.05) is 32.8 Å². The maximum absolute atomic E-state index is 13.3. The Hall–Kier alpha value is -2.54. The first-order chi connectivity index (χ1) is 15.4. The summed E-state index contributed by atoms with van der Waals surface area (Å²) in [5, 5.41) is 4.95. The molecular formula is C25H35N3O3S. The molecule has 1 N–H and O–H groups in total. The van der Waals surface area contributed by atoms with Crippen LogP contribution in [0.25, 0.3) is 0 Å². The highest BCUT2D eigenvalue weighted by Gasteiger charge is 2.33. The van der Waals surface area contributed by atoms with Crippen LogP contribution in [0.2, 0.25) is 0 Å². The number of nitrogens with one attached hydrogen (secondary N) is 1. The summed E-state index contributed by atoms with van der Waals surface area (Å²) in [5.41, 5.74) is 2.43. The van der Waals surface area contributed by atoms with Crippen molar-refractivity contribution in [1.29, 1.82) is 0 Å². The summed E-state index contributed by atoms with van der Waals surface area (Å²) in [6.45, 7) is 10.4.